The second-order valence-electron chi connectivity index (χ2n) is 5.57. The molecule has 1 N–H and O–H groups in total. The molecule has 0 radical (unpaired) electrons. The van der Waals surface area contributed by atoms with Gasteiger partial charge in [0.15, 0.2) is 0 Å². The topological polar surface area (TPSA) is 20.2 Å². The summed E-state index contributed by atoms with van der Waals surface area (Å²) in [5, 5.41) is 10.3. The van der Waals surface area contributed by atoms with E-state index in [2.05, 4.69) is 13.8 Å². The zero-order valence-corrected chi connectivity index (χ0v) is 9.63. The molecule has 1 nitrogen and oxygen atoms in total. The number of rotatable bonds is 4. The third-order valence-corrected chi connectivity index (χ3v) is 4.84. The smallest absolute Gasteiger partial charge is 0.0645 e. The largest absolute Gasteiger partial charge is 0.390 e. The summed E-state index contributed by atoms with van der Waals surface area (Å²) in [5.41, 5.74) is -0.352. The quantitative estimate of drug-likeness (QED) is 0.731. The van der Waals surface area contributed by atoms with E-state index in [0.29, 0.717) is 0 Å². The monoisotopic (exact) mass is 196 g/mol. The van der Waals surface area contributed by atoms with Gasteiger partial charge in [-0.15, -0.1) is 0 Å². The van der Waals surface area contributed by atoms with E-state index < -0.39 is 0 Å². The van der Waals surface area contributed by atoms with Crippen molar-refractivity contribution in [3.8, 4) is 0 Å². The van der Waals surface area contributed by atoms with Crippen LogP contribution in [0.4, 0.5) is 0 Å². The van der Waals surface area contributed by atoms with E-state index >= 15 is 0 Å². The summed E-state index contributed by atoms with van der Waals surface area (Å²) >= 11 is 0. The molecule has 0 amide bonds. The van der Waals surface area contributed by atoms with Gasteiger partial charge in [-0.05, 0) is 56.3 Å². The maximum Gasteiger partial charge on any atom is 0.0645 e. The maximum atomic E-state index is 10.3. The SMILES string of the molecule is CCC(O)(CC)CC1CC2CCC1C2. The average molecular weight is 196 g/mol. The van der Waals surface area contributed by atoms with Crippen molar-refractivity contribution in [2.24, 2.45) is 17.8 Å². The zero-order valence-electron chi connectivity index (χ0n) is 9.63. The molecule has 0 aliphatic heterocycles. The molecular weight excluding hydrogens is 172 g/mol. The fourth-order valence-corrected chi connectivity index (χ4v) is 3.65. The van der Waals surface area contributed by atoms with Gasteiger partial charge in [0, 0.05) is 0 Å². The predicted molar refractivity (Wildman–Crippen MR) is 59.1 cm³/mol. The molecule has 0 spiro atoms. The van der Waals surface area contributed by atoms with E-state index in [1.807, 2.05) is 0 Å². The molecule has 82 valence electrons. The van der Waals surface area contributed by atoms with E-state index in [4.69, 9.17) is 0 Å². The summed E-state index contributed by atoms with van der Waals surface area (Å²) in [6.07, 6.45) is 8.72. The van der Waals surface area contributed by atoms with Crippen LogP contribution in [0.1, 0.15) is 58.8 Å². The summed E-state index contributed by atoms with van der Waals surface area (Å²) < 4.78 is 0. The Hall–Kier alpha value is -0.0400. The molecule has 0 aromatic carbocycles. The third-order valence-electron chi connectivity index (χ3n) is 4.84. The number of hydrogen-bond acceptors (Lipinski definition) is 1. The Morgan fingerprint density at radius 1 is 1.14 bits per heavy atom. The van der Waals surface area contributed by atoms with E-state index in [9.17, 15) is 5.11 Å². The van der Waals surface area contributed by atoms with Crippen LogP contribution in [0.5, 0.6) is 0 Å². The Balaban J connectivity index is 1.91. The first-order chi connectivity index (χ1) is 6.67. The van der Waals surface area contributed by atoms with Gasteiger partial charge in [-0.2, -0.15) is 0 Å². The van der Waals surface area contributed by atoms with Gasteiger partial charge in [0.2, 0.25) is 0 Å². The molecule has 2 aliphatic rings. The molecule has 2 rings (SSSR count). The molecule has 0 heterocycles. The number of aliphatic hydroxyl groups is 1. The average Bonchev–Trinajstić information content (AvgIpc) is 2.79. The molecule has 0 aromatic rings. The third kappa shape index (κ3) is 1.84. The fourth-order valence-electron chi connectivity index (χ4n) is 3.65. The fraction of sp³-hybridized carbons (Fsp3) is 1.00. The van der Waals surface area contributed by atoms with Gasteiger partial charge in [-0.25, -0.2) is 0 Å². The lowest BCUT2D eigenvalue weighted by Gasteiger charge is -2.32. The van der Waals surface area contributed by atoms with Crippen LogP contribution in [0.2, 0.25) is 0 Å². The Bertz CT molecular complexity index is 195. The molecule has 2 aliphatic carbocycles. The highest BCUT2D eigenvalue weighted by Crippen LogP contribution is 2.51. The zero-order chi connectivity index (χ0) is 10.2. The van der Waals surface area contributed by atoms with Crippen molar-refractivity contribution in [2.45, 2.75) is 64.4 Å². The van der Waals surface area contributed by atoms with E-state index in [-0.39, 0.29) is 5.60 Å². The van der Waals surface area contributed by atoms with Gasteiger partial charge in [-0.3, -0.25) is 0 Å². The van der Waals surface area contributed by atoms with Gasteiger partial charge in [0.1, 0.15) is 0 Å². The lowest BCUT2D eigenvalue weighted by atomic mass is 9.78. The van der Waals surface area contributed by atoms with Crippen molar-refractivity contribution in [2.75, 3.05) is 0 Å². The predicted octanol–water partition coefficient (Wildman–Crippen LogP) is 3.36. The van der Waals surface area contributed by atoms with Crippen molar-refractivity contribution in [3.05, 3.63) is 0 Å². The number of hydrogen-bond donors (Lipinski definition) is 1. The van der Waals surface area contributed by atoms with E-state index in [1.54, 1.807) is 0 Å². The first kappa shape index (κ1) is 10.5. The van der Waals surface area contributed by atoms with Crippen LogP contribution in [0.25, 0.3) is 0 Å². The van der Waals surface area contributed by atoms with Crippen LogP contribution in [0.3, 0.4) is 0 Å². The first-order valence-corrected chi connectivity index (χ1v) is 6.39. The molecule has 2 saturated carbocycles. The minimum absolute atomic E-state index is 0.352. The van der Waals surface area contributed by atoms with Crippen molar-refractivity contribution in [3.63, 3.8) is 0 Å². The molecule has 0 saturated heterocycles. The van der Waals surface area contributed by atoms with Crippen molar-refractivity contribution >= 4 is 0 Å². The van der Waals surface area contributed by atoms with Crippen molar-refractivity contribution < 1.29 is 5.11 Å². The van der Waals surface area contributed by atoms with Crippen molar-refractivity contribution in [1.29, 1.82) is 0 Å². The molecule has 2 fully saturated rings. The maximum absolute atomic E-state index is 10.3. The summed E-state index contributed by atoms with van der Waals surface area (Å²) in [5.74, 6) is 2.83. The Morgan fingerprint density at radius 3 is 2.29 bits per heavy atom. The molecule has 3 unspecified atom stereocenters. The first-order valence-electron chi connectivity index (χ1n) is 6.39. The molecule has 3 atom stereocenters. The highest BCUT2D eigenvalue weighted by molar-refractivity contribution is 4.93. The second-order valence-corrected chi connectivity index (χ2v) is 5.57. The lowest BCUT2D eigenvalue weighted by Crippen LogP contribution is -2.31. The highest BCUT2D eigenvalue weighted by Gasteiger charge is 2.42. The minimum atomic E-state index is -0.352. The van der Waals surface area contributed by atoms with E-state index in [0.717, 1.165) is 37.0 Å². The molecule has 0 aromatic heterocycles. The normalized spacial score (nSPS) is 36.6. The summed E-state index contributed by atoms with van der Waals surface area (Å²) in [6, 6.07) is 0. The van der Waals surface area contributed by atoms with E-state index in [1.165, 1.54) is 25.7 Å². The second kappa shape index (κ2) is 3.84. The molecule has 14 heavy (non-hydrogen) atoms. The number of fused-ring (bicyclic) bond motifs is 2. The Morgan fingerprint density at radius 2 is 1.86 bits per heavy atom. The van der Waals surface area contributed by atoms with Crippen LogP contribution < -0.4 is 0 Å². The van der Waals surface area contributed by atoms with Gasteiger partial charge >= 0.3 is 0 Å². The van der Waals surface area contributed by atoms with Gasteiger partial charge in [0.05, 0.1) is 5.60 Å². The lowest BCUT2D eigenvalue weighted by molar-refractivity contribution is -0.0000512. The summed E-state index contributed by atoms with van der Waals surface area (Å²) in [7, 11) is 0. The molecular formula is C13H24O. The van der Waals surface area contributed by atoms with Crippen LogP contribution in [-0.4, -0.2) is 10.7 Å². The summed E-state index contributed by atoms with van der Waals surface area (Å²) in [4.78, 5) is 0. The van der Waals surface area contributed by atoms with Crippen LogP contribution in [0.15, 0.2) is 0 Å². The van der Waals surface area contributed by atoms with Crippen LogP contribution >= 0.6 is 0 Å². The minimum Gasteiger partial charge on any atom is -0.390 e. The summed E-state index contributed by atoms with van der Waals surface area (Å²) in [6.45, 7) is 4.24. The van der Waals surface area contributed by atoms with Gasteiger partial charge in [-0.1, -0.05) is 20.3 Å². The molecule has 1 heteroatoms. The van der Waals surface area contributed by atoms with Crippen LogP contribution in [0, 0.1) is 17.8 Å². The highest BCUT2D eigenvalue weighted by atomic mass is 16.3. The Labute approximate surface area is 87.9 Å². The van der Waals surface area contributed by atoms with Gasteiger partial charge in [0.25, 0.3) is 0 Å². The van der Waals surface area contributed by atoms with Crippen molar-refractivity contribution in [1.82, 2.24) is 0 Å². The van der Waals surface area contributed by atoms with Gasteiger partial charge < -0.3 is 5.11 Å². The Kier molecular flexibility index (Phi) is 2.88. The molecule has 2 bridgehead atoms. The standard InChI is InChI=1S/C13H24O/c1-3-13(14,4-2)9-12-8-10-5-6-11(12)7-10/h10-12,14H,3-9H2,1-2H3. The van der Waals surface area contributed by atoms with Crippen LogP contribution in [-0.2, 0) is 0 Å².